The highest BCUT2D eigenvalue weighted by atomic mass is 16.5. The minimum absolute atomic E-state index is 0.210. The number of hydrogen-bond acceptors (Lipinski definition) is 2. The van der Waals surface area contributed by atoms with E-state index in [1.165, 1.54) is 0 Å². The van der Waals surface area contributed by atoms with Gasteiger partial charge in [0.05, 0.1) is 0 Å². The van der Waals surface area contributed by atoms with Crippen LogP contribution in [0.1, 0.15) is 31.7 Å². The summed E-state index contributed by atoms with van der Waals surface area (Å²) >= 11 is 0. The monoisotopic (exact) mass is 254 g/mol. The fourth-order valence-electron chi connectivity index (χ4n) is 2.06. The van der Waals surface area contributed by atoms with Crippen LogP contribution in [-0.4, -0.2) is 5.78 Å². The molecule has 0 bridgehead atoms. The van der Waals surface area contributed by atoms with Crippen LogP contribution in [0.2, 0.25) is 0 Å². The first-order valence-corrected chi connectivity index (χ1v) is 6.47. The summed E-state index contributed by atoms with van der Waals surface area (Å²) in [6.45, 7) is 3.68. The van der Waals surface area contributed by atoms with Crippen molar-refractivity contribution in [2.75, 3.05) is 0 Å². The number of Topliss-reactive ketones (excluding diaryl/α,β-unsaturated/α-hetero) is 1. The minimum Gasteiger partial charge on any atom is -0.457 e. The number of hydrogen-bond donors (Lipinski definition) is 0. The summed E-state index contributed by atoms with van der Waals surface area (Å²) in [4.78, 5) is 11.2. The van der Waals surface area contributed by atoms with E-state index in [2.05, 4.69) is 6.92 Å². The molecule has 2 aromatic carbocycles. The van der Waals surface area contributed by atoms with Gasteiger partial charge in [-0.3, -0.25) is 0 Å². The number of para-hydroxylation sites is 1. The maximum Gasteiger partial charge on any atom is 0.130 e. The van der Waals surface area contributed by atoms with Gasteiger partial charge >= 0.3 is 0 Å². The molecule has 0 spiro atoms. The first kappa shape index (κ1) is 13.3. The van der Waals surface area contributed by atoms with Gasteiger partial charge in [0.15, 0.2) is 0 Å². The summed E-state index contributed by atoms with van der Waals surface area (Å²) < 4.78 is 5.79. The lowest BCUT2D eigenvalue weighted by atomic mass is 9.96. The Balaban J connectivity index is 2.13. The van der Waals surface area contributed by atoms with Gasteiger partial charge in [0.1, 0.15) is 17.3 Å². The third kappa shape index (κ3) is 3.95. The van der Waals surface area contributed by atoms with E-state index in [1.54, 1.807) is 6.92 Å². The van der Waals surface area contributed by atoms with Gasteiger partial charge < -0.3 is 9.53 Å². The molecule has 0 aromatic heterocycles. The molecule has 0 radical (unpaired) electrons. The number of carbonyl (C=O) groups is 1. The summed E-state index contributed by atoms with van der Waals surface area (Å²) in [5, 5.41) is 0. The van der Waals surface area contributed by atoms with Crippen molar-refractivity contribution in [3.63, 3.8) is 0 Å². The molecular weight excluding hydrogens is 236 g/mol. The van der Waals surface area contributed by atoms with Crippen LogP contribution in [0, 0.1) is 0 Å². The Morgan fingerprint density at radius 2 is 1.74 bits per heavy atom. The molecule has 19 heavy (non-hydrogen) atoms. The van der Waals surface area contributed by atoms with Crippen molar-refractivity contribution in [3.05, 3.63) is 60.2 Å². The fraction of sp³-hybridized carbons (Fsp3) is 0.235. The highest BCUT2D eigenvalue weighted by Gasteiger charge is 2.09. The first-order valence-electron chi connectivity index (χ1n) is 6.47. The molecule has 0 aliphatic carbocycles. The normalized spacial score (nSPS) is 11.9. The molecule has 0 aliphatic rings. The van der Waals surface area contributed by atoms with E-state index in [-0.39, 0.29) is 11.7 Å². The number of benzene rings is 2. The lowest BCUT2D eigenvalue weighted by Crippen LogP contribution is -2.00. The zero-order valence-electron chi connectivity index (χ0n) is 11.3. The quantitative estimate of drug-likeness (QED) is 0.781. The topological polar surface area (TPSA) is 26.3 Å². The number of ether oxygens (including phenoxy) is 1. The van der Waals surface area contributed by atoms with E-state index in [9.17, 15) is 4.79 Å². The van der Waals surface area contributed by atoms with Crippen molar-refractivity contribution < 1.29 is 9.53 Å². The molecule has 2 nitrogen and oxygen atoms in total. The van der Waals surface area contributed by atoms with E-state index in [4.69, 9.17) is 4.74 Å². The zero-order valence-corrected chi connectivity index (χ0v) is 11.3. The Kier molecular flexibility index (Phi) is 4.35. The second kappa shape index (κ2) is 6.19. The molecule has 1 unspecified atom stereocenters. The van der Waals surface area contributed by atoms with E-state index < -0.39 is 0 Å². The van der Waals surface area contributed by atoms with Gasteiger partial charge in [-0.15, -0.1) is 0 Å². The van der Waals surface area contributed by atoms with Gasteiger partial charge in [0.2, 0.25) is 0 Å². The summed E-state index contributed by atoms with van der Waals surface area (Å²) in [6.07, 6.45) is 0.564. The molecule has 0 fully saturated rings. The average Bonchev–Trinajstić information content (AvgIpc) is 2.39. The maximum absolute atomic E-state index is 11.2. The Hall–Kier alpha value is -2.09. The Labute approximate surface area is 114 Å². The van der Waals surface area contributed by atoms with Gasteiger partial charge in [-0.05, 0) is 42.7 Å². The molecule has 0 saturated heterocycles. The van der Waals surface area contributed by atoms with Crippen LogP contribution in [0.4, 0.5) is 0 Å². The van der Waals surface area contributed by atoms with Crippen LogP contribution in [-0.2, 0) is 4.79 Å². The van der Waals surface area contributed by atoms with Gasteiger partial charge in [-0.2, -0.15) is 0 Å². The molecule has 0 aliphatic heterocycles. The summed E-state index contributed by atoms with van der Waals surface area (Å²) in [7, 11) is 0. The van der Waals surface area contributed by atoms with Gasteiger partial charge in [0, 0.05) is 6.42 Å². The SMILES string of the molecule is CC(=O)CC(C)c1cccc(Oc2ccccc2)c1. The van der Waals surface area contributed by atoms with Crippen molar-refractivity contribution in [2.24, 2.45) is 0 Å². The maximum atomic E-state index is 11.2. The predicted octanol–water partition coefficient (Wildman–Crippen LogP) is 4.56. The summed E-state index contributed by atoms with van der Waals surface area (Å²) in [6, 6.07) is 17.6. The predicted molar refractivity (Wildman–Crippen MR) is 76.7 cm³/mol. The number of ketones is 1. The highest BCUT2D eigenvalue weighted by Crippen LogP contribution is 2.26. The molecule has 0 N–H and O–H groups in total. The fourth-order valence-corrected chi connectivity index (χ4v) is 2.06. The molecule has 2 aromatic rings. The number of carbonyl (C=O) groups excluding carboxylic acids is 1. The summed E-state index contributed by atoms with van der Waals surface area (Å²) in [5.74, 6) is 2.05. The van der Waals surface area contributed by atoms with Crippen LogP contribution in [0.5, 0.6) is 11.5 Å². The van der Waals surface area contributed by atoms with Crippen molar-refractivity contribution in [3.8, 4) is 11.5 Å². The third-order valence-corrected chi connectivity index (χ3v) is 3.00. The Bertz CT molecular complexity index is 546. The second-order valence-corrected chi connectivity index (χ2v) is 4.79. The van der Waals surface area contributed by atoms with Crippen LogP contribution in [0.15, 0.2) is 54.6 Å². The van der Waals surface area contributed by atoms with Crippen LogP contribution in [0.25, 0.3) is 0 Å². The number of rotatable bonds is 5. The van der Waals surface area contributed by atoms with Gasteiger partial charge in [0.25, 0.3) is 0 Å². The van der Waals surface area contributed by atoms with Gasteiger partial charge in [-0.25, -0.2) is 0 Å². The smallest absolute Gasteiger partial charge is 0.130 e. The molecule has 1 atom stereocenters. The van der Waals surface area contributed by atoms with E-state index >= 15 is 0 Å². The van der Waals surface area contributed by atoms with E-state index in [0.29, 0.717) is 6.42 Å². The Morgan fingerprint density at radius 1 is 1.05 bits per heavy atom. The lowest BCUT2D eigenvalue weighted by Gasteiger charge is -2.12. The first-order chi connectivity index (χ1) is 9.15. The lowest BCUT2D eigenvalue weighted by molar-refractivity contribution is -0.117. The Morgan fingerprint density at radius 3 is 2.42 bits per heavy atom. The van der Waals surface area contributed by atoms with Crippen molar-refractivity contribution in [1.29, 1.82) is 0 Å². The standard InChI is InChI=1S/C17H18O2/c1-13(11-14(2)18)15-7-6-10-17(12-15)19-16-8-4-3-5-9-16/h3-10,12-13H,11H2,1-2H3. The molecule has 2 rings (SSSR count). The highest BCUT2D eigenvalue weighted by molar-refractivity contribution is 5.76. The van der Waals surface area contributed by atoms with Crippen molar-refractivity contribution >= 4 is 5.78 Å². The van der Waals surface area contributed by atoms with Crippen molar-refractivity contribution in [2.45, 2.75) is 26.2 Å². The second-order valence-electron chi connectivity index (χ2n) is 4.79. The largest absolute Gasteiger partial charge is 0.457 e. The van der Waals surface area contributed by atoms with E-state index in [0.717, 1.165) is 17.1 Å². The molecule has 0 saturated carbocycles. The van der Waals surface area contributed by atoms with Crippen LogP contribution < -0.4 is 4.74 Å². The van der Waals surface area contributed by atoms with Crippen LogP contribution in [0.3, 0.4) is 0 Å². The minimum atomic E-state index is 0.210. The van der Waals surface area contributed by atoms with E-state index in [1.807, 2.05) is 54.6 Å². The van der Waals surface area contributed by atoms with Crippen LogP contribution >= 0.6 is 0 Å². The third-order valence-electron chi connectivity index (χ3n) is 3.00. The zero-order chi connectivity index (χ0) is 13.7. The molecule has 0 amide bonds. The molecule has 98 valence electrons. The summed E-state index contributed by atoms with van der Waals surface area (Å²) in [5.41, 5.74) is 1.13. The molecular formula is C17H18O2. The molecule has 2 heteroatoms. The molecule has 0 heterocycles. The van der Waals surface area contributed by atoms with Gasteiger partial charge in [-0.1, -0.05) is 37.3 Å². The van der Waals surface area contributed by atoms with Crippen molar-refractivity contribution in [1.82, 2.24) is 0 Å². The average molecular weight is 254 g/mol.